The number of aliphatic hydroxyl groups is 1. The van der Waals surface area contributed by atoms with Crippen LogP contribution >= 0.6 is 0 Å². The summed E-state index contributed by atoms with van der Waals surface area (Å²) in [6.07, 6.45) is 36.1. The summed E-state index contributed by atoms with van der Waals surface area (Å²) in [6, 6.07) is 0. The van der Waals surface area contributed by atoms with Crippen LogP contribution in [-0.2, 0) is 19.1 Å². The Bertz CT molecular complexity index is 649. The summed E-state index contributed by atoms with van der Waals surface area (Å²) in [5.74, 6) is 1.13. The molecule has 0 aliphatic heterocycles. The molecule has 2 atom stereocenters. The van der Waals surface area contributed by atoms with Gasteiger partial charge in [0, 0.05) is 12.8 Å². The number of rotatable bonds is 36. The topological polar surface area (TPSA) is 72.8 Å². The minimum atomic E-state index is -0.763. The Hall–Kier alpha value is -1.10. The fourth-order valence-corrected chi connectivity index (χ4v) is 6.13. The van der Waals surface area contributed by atoms with Crippen molar-refractivity contribution in [2.24, 2.45) is 11.8 Å². The van der Waals surface area contributed by atoms with Crippen molar-refractivity contribution in [1.29, 1.82) is 0 Å². The third-order valence-corrected chi connectivity index (χ3v) is 9.62. The Balaban J connectivity index is 3.45. The van der Waals surface area contributed by atoms with Crippen molar-refractivity contribution in [3.63, 3.8) is 0 Å². The first-order valence-electron chi connectivity index (χ1n) is 20.3. The first kappa shape index (κ1) is 44.9. The van der Waals surface area contributed by atoms with Crippen LogP contribution < -0.4 is 0 Å². The lowest BCUT2D eigenvalue weighted by Crippen LogP contribution is -2.28. The molecule has 0 aromatic rings. The number of carbonyl (C=O) groups is 2. The largest absolute Gasteiger partial charge is 0.462 e. The van der Waals surface area contributed by atoms with Gasteiger partial charge in [-0.15, -0.1) is 0 Å². The van der Waals surface area contributed by atoms with Gasteiger partial charge >= 0.3 is 11.9 Å². The maximum absolute atomic E-state index is 12.1. The van der Waals surface area contributed by atoms with Crippen LogP contribution in [0.25, 0.3) is 0 Å². The second-order valence-corrected chi connectivity index (χ2v) is 14.8. The molecule has 0 heterocycles. The average molecular weight is 653 g/mol. The van der Waals surface area contributed by atoms with E-state index in [0.29, 0.717) is 12.8 Å². The van der Waals surface area contributed by atoms with Gasteiger partial charge < -0.3 is 14.6 Å². The van der Waals surface area contributed by atoms with Crippen molar-refractivity contribution in [3.8, 4) is 0 Å². The molecule has 0 fully saturated rings. The van der Waals surface area contributed by atoms with Crippen LogP contribution in [-0.4, -0.2) is 36.4 Å². The van der Waals surface area contributed by atoms with E-state index in [9.17, 15) is 14.7 Å². The van der Waals surface area contributed by atoms with Crippen molar-refractivity contribution in [1.82, 2.24) is 0 Å². The molecule has 0 radical (unpaired) electrons. The highest BCUT2D eigenvalue weighted by Crippen LogP contribution is 2.17. The molecule has 5 nitrogen and oxygen atoms in total. The van der Waals surface area contributed by atoms with E-state index >= 15 is 0 Å². The molecule has 0 aliphatic carbocycles. The molecule has 0 saturated carbocycles. The minimum Gasteiger partial charge on any atom is -0.462 e. The van der Waals surface area contributed by atoms with E-state index in [-0.39, 0.29) is 25.2 Å². The molecular weight excluding hydrogens is 572 g/mol. The molecule has 0 bridgehead atoms. The zero-order valence-corrected chi connectivity index (χ0v) is 31.4. The monoisotopic (exact) mass is 653 g/mol. The van der Waals surface area contributed by atoms with E-state index in [2.05, 4.69) is 27.7 Å². The van der Waals surface area contributed by atoms with Crippen molar-refractivity contribution >= 4 is 11.9 Å². The van der Waals surface area contributed by atoms with Crippen LogP contribution in [0.5, 0.6) is 0 Å². The Labute approximate surface area is 287 Å². The van der Waals surface area contributed by atoms with E-state index in [1.807, 2.05) is 0 Å². The molecular formula is C41H80O5. The number of ether oxygens (including phenoxy) is 2. The summed E-state index contributed by atoms with van der Waals surface area (Å²) in [5, 5.41) is 9.53. The molecule has 0 aromatic heterocycles. The Morgan fingerprint density at radius 1 is 0.500 bits per heavy atom. The van der Waals surface area contributed by atoms with Crippen molar-refractivity contribution in [2.45, 2.75) is 226 Å². The summed E-state index contributed by atoms with van der Waals surface area (Å²) in [7, 11) is 0. The smallest absolute Gasteiger partial charge is 0.306 e. The SMILES string of the molecule is CCC(C)CCCCCCCCCCCCCCCCCCCCC(=O)OC[C@H](CO)OC(=O)CCCCCCCCCC(C)C. The zero-order valence-electron chi connectivity index (χ0n) is 31.4. The van der Waals surface area contributed by atoms with Gasteiger partial charge in [-0.2, -0.15) is 0 Å². The van der Waals surface area contributed by atoms with Gasteiger partial charge in [-0.25, -0.2) is 0 Å². The highest BCUT2D eigenvalue weighted by Gasteiger charge is 2.16. The maximum atomic E-state index is 12.1. The highest BCUT2D eigenvalue weighted by atomic mass is 16.6. The fourth-order valence-electron chi connectivity index (χ4n) is 6.13. The number of carbonyl (C=O) groups excluding carboxylic acids is 2. The Morgan fingerprint density at radius 2 is 0.848 bits per heavy atom. The Kier molecular flexibility index (Phi) is 34.4. The first-order valence-corrected chi connectivity index (χ1v) is 20.3. The van der Waals surface area contributed by atoms with Gasteiger partial charge in [0.2, 0.25) is 0 Å². The molecule has 1 unspecified atom stereocenters. The number of hydrogen-bond donors (Lipinski definition) is 1. The Morgan fingerprint density at radius 3 is 1.22 bits per heavy atom. The van der Waals surface area contributed by atoms with E-state index in [4.69, 9.17) is 9.47 Å². The fraction of sp³-hybridized carbons (Fsp3) is 0.951. The molecule has 0 spiro atoms. The summed E-state index contributed by atoms with van der Waals surface area (Å²) in [5.41, 5.74) is 0. The zero-order chi connectivity index (χ0) is 33.9. The molecule has 0 saturated heterocycles. The van der Waals surface area contributed by atoms with Gasteiger partial charge in [0.05, 0.1) is 6.61 Å². The van der Waals surface area contributed by atoms with E-state index in [0.717, 1.165) is 43.9 Å². The number of aliphatic hydroxyl groups excluding tert-OH is 1. The quantitative estimate of drug-likeness (QED) is 0.0538. The molecule has 0 aliphatic rings. The summed E-state index contributed by atoms with van der Waals surface area (Å²) in [4.78, 5) is 24.2. The van der Waals surface area contributed by atoms with E-state index in [1.54, 1.807) is 0 Å². The molecule has 5 heteroatoms. The number of hydrogen-bond acceptors (Lipinski definition) is 5. The second kappa shape index (κ2) is 35.2. The predicted molar refractivity (Wildman–Crippen MR) is 196 cm³/mol. The van der Waals surface area contributed by atoms with Gasteiger partial charge in [-0.3, -0.25) is 9.59 Å². The molecule has 0 rings (SSSR count). The first-order chi connectivity index (χ1) is 22.4. The van der Waals surface area contributed by atoms with E-state index < -0.39 is 6.10 Å². The standard InChI is InChI=1S/C41H80O5/c1-5-38(4)32-28-24-20-16-14-12-10-8-6-7-9-11-13-15-17-21-25-29-33-40(43)45-36-39(35-42)46-41(44)34-30-26-22-18-19-23-27-31-37(2)3/h37-39,42H,5-36H2,1-4H3/t38?,39-/m0/s1. The van der Waals surface area contributed by atoms with Crippen LogP contribution in [0.3, 0.4) is 0 Å². The maximum Gasteiger partial charge on any atom is 0.306 e. The number of unbranched alkanes of at least 4 members (excludes halogenated alkanes) is 23. The highest BCUT2D eigenvalue weighted by molar-refractivity contribution is 5.70. The van der Waals surface area contributed by atoms with Gasteiger partial charge in [0.1, 0.15) is 6.61 Å². The molecule has 274 valence electrons. The summed E-state index contributed by atoms with van der Waals surface area (Å²) in [6.45, 7) is 8.85. The summed E-state index contributed by atoms with van der Waals surface area (Å²) < 4.78 is 10.6. The third kappa shape index (κ3) is 34.2. The van der Waals surface area contributed by atoms with Gasteiger partial charge in [-0.05, 0) is 24.7 Å². The molecule has 0 amide bonds. The van der Waals surface area contributed by atoms with Crippen LogP contribution in [0.1, 0.15) is 220 Å². The lowest BCUT2D eigenvalue weighted by atomic mass is 9.99. The third-order valence-electron chi connectivity index (χ3n) is 9.62. The number of esters is 2. The van der Waals surface area contributed by atoms with Gasteiger partial charge in [-0.1, -0.05) is 195 Å². The van der Waals surface area contributed by atoms with E-state index in [1.165, 1.54) is 148 Å². The van der Waals surface area contributed by atoms with Crippen molar-refractivity contribution < 1.29 is 24.2 Å². The molecule has 1 N–H and O–H groups in total. The molecule has 46 heavy (non-hydrogen) atoms. The van der Waals surface area contributed by atoms with Crippen LogP contribution in [0.4, 0.5) is 0 Å². The predicted octanol–water partition coefficient (Wildman–Crippen LogP) is 12.4. The van der Waals surface area contributed by atoms with Crippen LogP contribution in [0.15, 0.2) is 0 Å². The lowest BCUT2D eigenvalue weighted by molar-refractivity contribution is -0.161. The van der Waals surface area contributed by atoms with Crippen molar-refractivity contribution in [3.05, 3.63) is 0 Å². The summed E-state index contributed by atoms with van der Waals surface area (Å²) >= 11 is 0. The average Bonchev–Trinajstić information content (AvgIpc) is 3.04. The lowest BCUT2D eigenvalue weighted by Gasteiger charge is -2.15. The normalized spacial score (nSPS) is 12.8. The van der Waals surface area contributed by atoms with Crippen LogP contribution in [0, 0.1) is 11.8 Å². The van der Waals surface area contributed by atoms with Gasteiger partial charge in [0.15, 0.2) is 6.10 Å². The van der Waals surface area contributed by atoms with Crippen molar-refractivity contribution in [2.75, 3.05) is 13.2 Å². The second-order valence-electron chi connectivity index (χ2n) is 14.8. The van der Waals surface area contributed by atoms with Crippen LogP contribution in [0.2, 0.25) is 0 Å². The minimum absolute atomic E-state index is 0.0593. The molecule has 0 aromatic carbocycles. The van der Waals surface area contributed by atoms with Gasteiger partial charge in [0.25, 0.3) is 0 Å².